The first-order chi connectivity index (χ1) is 7.66. The van der Waals surface area contributed by atoms with Crippen LogP contribution in [0.3, 0.4) is 0 Å². The predicted molar refractivity (Wildman–Crippen MR) is 74.1 cm³/mol. The van der Waals surface area contributed by atoms with Crippen molar-refractivity contribution in [2.24, 2.45) is 0 Å². The number of nitrogens with zero attached hydrogens (tertiary/aromatic N) is 2. The molecule has 0 rings (SSSR count). The molecule has 0 heterocycles. The molecule has 0 aromatic carbocycles. The molecule has 0 aliphatic heterocycles. The smallest absolute Gasteiger partial charge is 0.190 e. The monoisotopic (exact) mass is 243 g/mol. The van der Waals surface area contributed by atoms with E-state index in [1.54, 1.807) is 11.5 Å². The molecule has 16 heavy (non-hydrogen) atoms. The van der Waals surface area contributed by atoms with Gasteiger partial charge in [0.15, 0.2) is 12.4 Å². The normalized spacial score (nSPS) is 10.4. The summed E-state index contributed by atoms with van der Waals surface area (Å²) in [6.07, 6.45) is 11.7. The van der Waals surface area contributed by atoms with Crippen LogP contribution in [0.4, 0.5) is 0 Å². The van der Waals surface area contributed by atoms with E-state index in [0.717, 1.165) is 0 Å². The Kier molecular flexibility index (Phi) is 13.5. The van der Waals surface area contributed by atoms with Gasteiger partial charge in [-0.05, 0) is 0 Å². The average molecular weight is 243 g/mol. The molecule has 0 aliphatic carbocycles. The average Bonchev–Trinajstić information content (AvgIpc) is 2.34. The SMILES string of the molecule is CCCC[PH](CC)(CC)CC.N#CNC#N. The predicted octanol–water partition coefficient (Wildman–Crippen LogP) is 3.13. The van der Waals surface area contributed by atoms with Crippen molar-refractivity contribution in [3.63, 3.8) is 0 Å². The van der Waals surface area contributed by atoms with Crippen LogP contribution in [0.5, 0.6) is 0 Å². The van der Waals surface area contributed by atoms with E-state index < -0.39 is 7.26 Å². The Morgan fingerprint density at radius 1 is 0.938 bits per heavy atom. The Labute approximate surface area is 101 Å². The quantitative estimate of drug-likeness (QED) is 0.443. The largest absolute Gasteiger partial charge is 0.229 e. The number of hydrogen-bond acceptors (Lipinski definition) is 3. The molecule has 0 unspecified atom stereocenters. The maximum atomic E-state index is 7.48. The summed E-state index contributed by atoms with van der Waals surface area (Å²) in [5, 5.41) is 16.7. The standard InChI is InChI=1S/C10H25P.C2HN3/c1-5-9-10-11(6-2,7-3)8-4;3-1-5-2-4/h11H,5-10H2,1-4H3;5H. The van der Waals surface area contributed by atoms with Gasteiger partial charge in [-0.15, -0.1) is 0 Å². The molecule has 1 N–H and O–H groups in total. The van der Waals surface area contributed by atoms with Gasteiger partial charge in [-0.1, -0.05) is 0 Å². The Hall–Kier alpha value is -0.790. The molecular weight excluding hydrogens is 217 g/mol. The van der Waals surface area contributed by atoms with Crippen LogP contribution < -0.4 is 5.32 Å². The molecule has 94 valence electrons. The second kappa shape index (κ2) is 12.3. The van der Waals surface area contributed by atoms with Gasteiger partial charge in [0.1, 0.15) is 0 Å². The zero-order valence-electron chi connectivity index (χ0n) is 11.1. The minimum atomic E-state index is -0.738. The maximum absolute atomic E-state index is 7.48. The van der Waals surface area contributed by atoms with Crippen molar-refractivity contribution < 1.29 is 0 Å². The van der Waals surface area contributed by atoms with Gasteiger partial charge in [0.2, 0.25) is 0 Å². The summed E-state index contributed by atoms with van der Waals surface area (Å²) in [6, 6.07) is 0. The van der Waals surface area contributed by atoms with E-state index >= 15 is 0 Å². The van der Waals surface area contributed by atoms with E-state index in [2.05, 4.69) is 27.7 Å². The minimum Gasteiger partial charge on any atom is -0.229 e. The van der Waals surface area contributed by atoms with E-state index in [-0.39, 0.29) is 0 Å². The molecule has 0 fully saturated rings. The molecule has 0 spiro atoms. The number of rotatable bonds is 6. The summed E-state index contributed by atoms with van der Waals surface area (Å²) in [5.41, 5.74) is 0. The van der Waals surface area contributed by atoms with Crippen LogP contribution >= 0.6 is 7.26 Å². The van der Waals surface area contributed by atoms with Crippen molar-refractivity contribution in [1.29, 1.82) is 10.5 Å². The van der Waals surface area contributed by atoms with Gasteiger partial charge in [0, 0.05) is 0 Å². The Bertz CT molecular complexity index is 203. The van der Waals surface area contributed by atoms with Crippen LogP contribution in [0, 0.1) is 22.9 Å². The summed E-state index contributed by atoms with van der Waals surface area (Å²) in [5.74, 6) is 0. The van der Waals surface area contributed by atoms with Gasteiger partial charge in [-0.2, -0.15) is 10.5 Å². The minimum absolute atomic E-state index is 0.738. The van der Waals surface area contributed by atoms with Gasteiger partial charge in [-0.25, -0.2) is 5.32 Å². The fraction of sp³-hybridized carbons (Fsp3) is 0.833. The van der Waals surface area contributed by atoms with Crippen LogP contribution in [-0.2, 0) is 0 Å². The third kappa shape index (κ3) is 8.51. The molecule has 0 atom stereocenters. The second-order valence-corrected chi connectivity index (χ2v) is 9.63. The number of hydrogen-bond donors (Lipinski definition) is 1. The zero-order chi connectivity index (χ0) is 12.9. The van der Waals surface area contributed by atoms with Crippen molar-refractivity contribution in [3.05, 3.63) is 0 Å². The van der Waals surface area contributed by atoms with Gasteiger partial charge in [-0.3, -0.25) is 0 Å². The van der Waals surface area contributed by atoms with E-state index in [9.17, 15) is 0 Å². The molecule has 0 aromatic heterocycles. The molecule has 0 amide bonds. The summed E-state index contributed by atoms with van der Waals surface area (Å²) >= 11 is 0. The molecule has 0 aromatic rings. The fourth-order valence-electron chi connectivity index (χ4n) is 1.86. The summed E-state index contributed by atoms with van der Waals surface area (Å²) < 4.78 is 0. The van der Waals surface area contributed by atoms with Gasteiger partial charge < -0.3 is 0 Å². The summed E-state index contributed by atoms with van der Waals surface area (Å²) in [7, 11) is -0.738. The van der Waals surface area contributed by atoms with Crippen molar-refractivity contribution in [2.75, 3.05) is 24.6 Å². The number of unbranched alkanes of at least 4 members (excludes halogenated alkanes) is 1. The zero-order valence-corrected chi connectivity index (χ0v) is 12.1. The van der Waals surface area contributed by atoms with Crippen LogP contribution in [0.25, 0.3) is 0 Å². The van der Waals surface area contributed by atoms with Crippen molar-refractivity contribution in [1.82, 2.24) is 5.32 Å². The Morgan fingerprint density at radius 2 is 1.38 bits per heavy atom. The first kappa shape index (κ1) is 17.6. The summed E-state index contributed by atoms with van der Waals surface area (Å²) in [4.78, 5) is 0. The third-order valence-electron chi connectivity index (χ3n) is 3.42. The van der Waals surface area contributed by atoms with Crippen LogP contribution in [0.1, 0.15) is 40.5 Å². The molecule has 0 saturated heterocycles. The molecule has 3 nitrogen and oxygen atoms in total. The first-order valence-corrected chi connectivity index (χ1v) is 9.02. The topological polar surface area (TPSA) is 59.6 Å². The van der Waals surface area contributed by atoms with E-state index in [1.807, 2.05) is 0 Å². The maximum Gasteiger partial charge on any atom is 0.190 e. The molecule has 4 heteroatoms. The Balaban J connectivity index is 0. The van der Waals surface area contributed by atoms with Gasteiger partial charge >= 0.3 is 72.4 Å². The second-order valence-electron chi connectivity index (χ2n) is 4.01. The number of nitriles is 2. The number of nitrogens with one attached hydrogen (secondary N) is 1. The fourth-order valence-corrected chi connectivity index (χ4v) is 5.52. The Morgan fingerprint density at radius 3 is 1.56 bits per heavy atom. The molecular formula is C12H26N3P. The van der Waals surface area contributed by atoms with E-state index in [0.29, 0.717) is 0 Å². The van der Waals surface area contributed by atoms with Crippen LogP contribution in [0.2, 0.25) is 0 Å². The van der Waals surface area contributed by atoms with E-state index in [1.165, 1.54) is 43.7 Å². The van der Waals surface area contributed by atoms with Crippen LogP contribution in [0.15, 0.2) is 0 Å². The molecule has 0 aliphatic rings. The van der Waals surface area contributed by atoms with Gasteiger partial charge in [0.25, 0.3) is 0 Å². The summed E-state index contributed by atoms with van der Waals surface area (Å²) in [6.45, 7) is 9.50. The molecule has 0 bridgehead atoms. The third-order valence-corrected chi connectivity index (χ3v) is 9.34. The van der Waals surface area contributed by atoms with Crippen molar-refractivity contribution >= 4 is 7.26 Å². The van der Waals surface area contributed by atoms with Crippen molar-refractivity contribution in [2.45, 2.75) is 40.5 Å². The van der Waals surface area contributed by atoms with Crippen LogP contribution in [-0.4, -0.2) is 24.6 Å². The molecule has 0 radical (unpaired) electrons. The van der Waals surface area contributed by atoms with Crippen molar-refractivity contribution in [3.8, 4) is 12.4 Å². The van der Waals surface area contributed by atoms with Gasteiger partial charge in [0.05, 0.1) is 0 Å². The molecule has 0 saturated carbocycles. The first-order valence-electron chi connectivity index (χ1n) is 6.19. The van der Waals surface area contributed by atoms with E-state index in [4.69, 9.17) is 10.5 Å².